The van der Waals surface area contributed by atoms with Crippen molar-refractivity contribution in [1.29, 1.82) is 5.26 Å². The summed E-state index contributed by atoms with van der Waals surface area (Å²) in [6.07, 6.45) is 16.6. The predicted octanol–water partition coefficient (Wildman–Crippen LogP) is 6.98. The fraction of sp³-hybridized carbons (Fsp3) is 0.696. The molecule has 0 aromatic heterocycles. The highest BCUT2D eigenvalue weighted by Crippen LogP contribution is 2.38. The van der Waals surface area contributed by atoms with Crippen molar-refractivity contribution in [2.75, 3.05) is 7.11 Å². The van der Waals surface area contributed by atoms with Gasteiger partial charge in [-0.1, -0.05) is 64.4 Å². The van der Waals surface area contributed by atoms with Crippen LogP contribution in [0.4, 0.5) is 0 Å². The minimum atomic E-state index is 0.628. The molecule has 0 saturated heterocycles. The first-order valence-electron chi connectivity index (χ1n) is 10.4. The number of hydrogen-bond donors (Lipinski definition) is 0. The number of nitriles is 1. The van der Waals surface area contributed by atoms with Gasteiger partial charge in [-0.2, -0.15) is 5.26 Å². The zero-order chi connectivity index (χ0) is 17.9. The van der Waals surface area contributed by atoms with Gasteiger partial charge in [0.25, 0.3) is 0 Å². The SMILES string of the molecule is CCCCCCCCCC1CCC(c2ccc(OC)c(C#N)c2)CC1. The molecule has 0 radical (unpaired) electrons. The van der Waals surface area contributed by atoms with Crippen molar-refractivity contribution >= 4 is 0 Å². The highest BCUT2D eigenvalue weighted by atomic mass is 16.5. The van der Waals surface area contributed by atoms with E-state index in [1.165, 1.54) is 82.6 Å². The van der Waals surface area contributed by atoms with E-state index in [2.05, 4.69) is 19.1 Å². The smallest absolute Gasteiger partial charge is 0.136 e. The minimum Gasteiger partial charge on any atom is -0.495 e. The fourth-order valence-electron chi connectivity index (χ4n) is 4.24. The van der Waals surface area contributed by atoms with E-state index in [4.69, 9.17) is 4.74 Å². The van der Waals surface area contributed by atoms with Gasteiger partial charge in [0.2, 0.25) is 0 Å². The van der Waals surface area contributed by atoms with Crippen molar-refractivity contribution < 1.29 is 4.74 Å². The zero-order valence-electron chi connectivity index (χ0n) is 16.2. The van der Waals surface area contributed by atoms with Crippen molar-refractivity contribution in [2.45, 2.75) is 89.9 Å². The minimum absolute atomic E-state index is 0.628. The Bertz CT molecular complexity index is 538. The third-order valence-corrected chi connectivity index (χ3v) is 5.88. The van der Waals surface area contributed by atoms with Crippen LogP contribution >= 0.6 is 0 Å². The molecule has 0 bridgehead atoms. The van der Waals surface area contributed by atoms with Crippen LogP contribution in [0, 0.1) is 17.2 Å². The Kier molecular flexibility index (Phi) is 8.87. The van der Waals surface area contributed by atoms with Crippen LogP contribution in [0.15, 0.2) is 18.2 Å². The number of benzene rings is 1. The van der Waals surface area contributed by atoms with Gasteiger partial charge in [0.1, 0.15) is 11.8 Å². The van der Waals surface area contributed by atoms with Gasteiger partial charge in [-0.15, -0.1) is 0 Å². The van der Waals surface area contributed by atoms with Gasteiger partial charge in [-0.3, -0.25) is 0 Å². The maximum absolute atomic E-state index is 9.27. The lowest BCUT2D eigenvalue weighted by molar-refractivity contribution is 0.301. The van der Waals surface area contributed by atoms with Crippen LogP contribution in [0.3, 0.4) is 0 Å². The van der Waals surface area contributed by atoms with E-state index in [-0.39, 0.29) is 0 Å². The lowest BCUT2D eigenvalue weighted by Gasteiger charge is -2.29. The Morgan fingerprint density at radius 3 is 2.32 bits per heavy atom. The molecular weight excluding hydrogens is 306 g/mol. The monoisotopic (exact) mass is 341 g/mol. The van der Waals surface area contributed by atoms with Crippen LogP contribution in [0.1, 0.15) is 101 Å². The van der Waals surface area contributed by atoms with Gasteiger partial charge >= 0.3 is 0 Å². The van der Waals surface area contributed by atoms with Crippen molar-refractivity contribution in [3.05, 3.63) is 29.3 Å². The van der Waals surface area contributed by atoms with Crippen LogP contribution in [0.5, 0.6) is 5.75 Å². The average molecular weight is 342 g/mol. The Labute approximate surface area is 154 Å². The summed E-state index contributed by atoms with van der Waals surface area (Å²) in [5.41, 5.74) is 2.00. The quantitative estimate of drug-likeness (QED) is 0.430. The lowest BCUT2D eigenvalue weighted by Crippen LogP contribution is -2.13. The van der Waals surface area contributed by atoms with E-state index in [0.29, 0.717) is 17.2 Å². The van der Waals surface area contributed by atoms with Gasteiger partial charge in [0.05, 0.1) is 12.7 Å². The Morgan fingerprint density at radius 2 is 1.68 bits per heavy atom. The molecule has 0 heterocycles. The summed E-state index contributed by atoms with van der Waals surface area (Å²) >= 11 is 0. The topological polar surface area (TPSA) is 33.0 Å². The first-order chi connectivity index (χ1) is 12.3. The van der Waals surface area contributed by atoms with Crippen LogP contribution in [-0.4, -0.2) is 7.11 Å². The van der Waals surface area contributed by atoms with E-state index in [0.717, 1.165) is 5.92 Å². The second-order valence-corrected chi connectivity index (χ2v) is 7.70. The van der Waals surface area contributed by atoms with Crippen molar-refractivity contribution in [1.82, 2.24) is 0 Å². The number of methoxy groups -OCH3 is 1. The highest BCUT2D eigenvalue weighted by Gasteiger charge is 2.22. The van der Waals surface area contributed by atoms with E-state index in [1.807, 2.05) is 12.1 Å². The third-order valence-electron chi connectivity index (χ3n) is 5.88. The molecule has 0 N–H and O–H groups in total. The van der Waals surface area contributed by atoms with Crippen LogP contribution < -0.4 is 4.74 Å². The summed E-state index contributed by atoms with van der Waals surface area (Å²) < 4.78 is 5.26. The van der Waals surface area contributed by atoms with Crippen LogP contribution in [0.2, 0.25) is 0 Å². The van der Waals surface area contributed by atoms with Gasteiger partial charge in [0.15, 0.2) is 0 Å². The van der Waals surface area contributed by atoms with Crippen molar-refractivity contribution in [3.8, 4) is 11.8 Å². The Hall–Kier alpha value is -1.49. The summed E-state index contributed by atoms with van der Waals surface area (Å²) in [6, 6.07) is 8.41. The van der Waals surface area contributed by atoms with Crippen molar-refractivity contribution in [3.63, 3.8) is 0 Å². The van der Waals surface area contributed by atoms with Gasteiger partial charge in [-0.25, -0.2) is 0 Å². The van der Waals surface area contributed by atoms with Crippen LogP contribution in [-0.2, 0) is 0 Å². The lowest BCUT2D eigenvalue weighted by atomic mass is 9.77. The maximum atomic E-state index is 9.27. The fourth-order valence-corrected chi connectivity index (χ4v) is 4.24. The molecule has 25 heavy (non-hydrogen) atoms. The highest BCUT2D eigenvalue weighted by molar-refractivity contribution is 5.46. The molecule has 1 aromatic rings. The molecule has 1 aliphatic carbocycles. The molecule has 0 amide bonds. The van der Waals surface area contributed by atoms with Gasteiger partial charge in [0, 0.05) is 0 Å². The molecule has 0 spiro atoms. The Morgan fingerprint density at radius 1 is 1.00 bits per heavy atom. The first kappa shape index (κ1) is 19.8. The summed E-state index contributed by atoms with van der Waals surface area (Å²) in [6.45, 7) is 2.28. The number of rotatable bonds is 10. The largest absolute Gasteiger partial charge is 0.495 e. The molecule has 0 aliphatic heterocycles. The number of nitrogens with zero attached hydrogens (tertiary/aromatic N) is 1. The molecule has 2 heteroatoms. The van der Waals surface area contributed by atoms with E-state index in [1.54, 1.807) is 7.11 Å². The molecule has 138 valence electrons. The summed E-state index contributed by atoms with van der Waals surface area (Å²) in [5, 5.41) is 9.27. The molecule has 1 saturated carbocycles. The van der Waals surface area contributed by atoms with E-state index < -0.39 is 0 Å². The average Bonchev–Trinajstić information content (AvgIpc) is 2.67. The predicted molar refractivity (Wildman–Crippen MR) is 105 cm³/mol. The Balaban J connectivity index is 1.69. The molecule has 0 atom stereocenters. The molecular formula is C23H35NO. The summed E-state index contributed by atoms with van der Waals surface area (Å²) in [7, 11) is 1.63. The second kappa shape index (κ2) is 11.2. The number of hydrogen-bond acceptors (Lipinski definition) is 2. The zero-order valence-corrected chi connectivity index (χ0v) is 16.2. The molecule has 2 rings (SSSR count). The van der Waals surface area contributed by atoms with E-state index >= 15 is 0 Å². The summed E-state index contributed by atoms with van der Waals surface area (Å²) in [4.78, 5) is 0. The van der Waals surface area contributed by atoms with Crippen LogP contribution in [0.25, 0.3) is 0 Å². The second-order valence-electron chi connectivity index (χ2n) is 7.70. The van der Waals surface area contributed by atoms with E-state index in [9.17, 15) is 5.26 Å². The summed E-state index contributed by atoms with van der Waals surface area (Å²) in [5.74, 6) is 2.25. The third kappa shape index (κ3) is 6.38. The van der Waals surface area contributed by atoms with Gasteiger partial charge < -0.3 is 4.74 Å². The standard InChI is InChI=1S/C23H35NO/c1-3-4-5-6-7-8-9-10-19-11-13-20(14-12-19)21-15-16-23(25-2)22(17-21)18-24/h15-17,19-20H,3-14H2,1-2H3. The maximum Gasteiger partial charge on any atom is 0.136 e. The molecule has 2 nitrogen and oxygen atoms in total. The molecule has 1 aliphatic rings. The molecule has 1 aromatic carbocycles. The first-order valence-corrected chi connectivity index (χ1v) is 10.4. The number of unbranched alkanes of at least 4 members (excludes halogenated alkanes) is 6. The van der Waals surface area contributed by atoms with Crippen molar-refractivity contribution in [2.24, 2.45) is 5.92 Å². The molecule has 1 fully saturated rings. The number of ether oxygens (including phenoxy) is 1. The van der Waals surface area contributed by atoms with Gasteiger partial charge in [-0.05, 0) is 55.2 Å². The molecule has 0 unspecified atom stereocenters. The normalized spacial score (nSPS) is 20.2.